The van der Waals surface area contributed by atoms with Gasteiger partial charge in [-0.05, 0) is 24.2 Å². The first-order valence-corrected chi connectivity index (χ1v) is 8.50. The molecule has 0 fully saturated rings. The van der Waals surface area contributed by atoms with Crippen LogP contribution >= 0.6 is 0 Å². The van der Waals surface area contributed by atoms with E-state index >= 15 is 0 Å². The highest BCUT2D eigenvalue weighted by Gasteiger charge is 2.38. The van der Waals surface area contributed by atoms with Gasteiger partial charge in [0.2, 0.25) is 0 Å². The molecule has 0 rings (SSSR count). The fourth-order valence-electron chi connectivity index (χ4n) is 1.01. The molecular formula is C13H24O2Si. The van der Waals surface area contributed by atoms with E-state index in [1.807, 2.05) is 0 Å². The third-order valence-electron chi connectivity index (χ3n) is 3.15. The zero-order chi connectivity index (χ0) is 13.0. The number of ketones is 1. The molecule has 0 radical (unpaired) electrons. The van der Waals surface area contributed by atoms with E-state index in [0.717, 1.165) is 0 Å². The second-order valence-corrected chi connectivity index (χ2v) is 10.3. The van der Waals surface area contributed by atoms with Crippen LogP contribution in [0.3, 0.4) is 0 Å². The molecule has 0 heterocycles. The molecule has 0 saturated heterocycles. The minimum Gasteiger partial charge on any atom is -0.410 e. The van der Waals surface area contributed by atoms with E-state index in [9.17, 15) is 4.79 Å². The second-order valence-electron chi connectivity index (χ2n) is 5.53. The van der Waals surface area contributed by atoms with Crippen LogP contribution in [-0.4, -0.2) is 20.2 Å². The lowest BCUT2D eigenvalue weighted by Gasteiger charge is -2.38. The zero-order valence-electron chi connectivity index (χ0n) is 11.2. The van der Waals surface area contributed by atoms with Crippen LogP contribution in [0.25, 0.3) is 0 Å². The van der Waals surface area contributed by atoms with Crippen molar-refractivity contribution < 1.29 is 9.22 Å². The van der Waals surface area contributed by atoms with E-state index in [4.69, 9.17) is 4.43 Å². The van der Waals surface area contributed by atoms with Crippen LogP contribution in [0.2, 0.25) is 18.1 Å². The number of carbonyl (C=O) groups is 1. The lowest BCUT2D eigenvalue weighted by Crippen LogP contribution is -2.43. The summed E-state index contributed by atoms with van der Waals surface area (Å²) in [7, 11) is -1.83. The first-order valence-electron chi connectivity index (χ1n) is 5.59. The van der Waals surface area contributed by atoms with Crippen molar-refractivity contribution in [2.45, 2.75) is 51.4 Å². The maximum Gasteiger partial charge on any atom is 0.192 e. The summed E-state index contributed by atoms with van der Waals surface area (Å²) in [6.45, 7) is 18.1. The Morgan fingerprint density at radius 1 is 1.38 bits per heavy atom. The first kappa shape index (κ1) is 15.3. The maximum atomic E-state index is 11.3. The standard InChI is InChI=1S/C13H24O2Si/c1-8-11(14)10-12(9-2)15-16(6,7)13(3,4)5/h8-9,12H,1-2,10H2,3-7H3. The molecule has 0 amide bonds. The van der Waals surface area contributed by atoms with Crippen LogP contribution in [0.15, 0.2) is 25.3 Å². The average Bonchev–Trinajstić information content (AvgIpc) is 2.14. The number of allylic oxidation sites excluding steroid dienone is 1. The topological polar surface area (TPSA) is 26.3 Å². The van der Waals surface area contributed by atoms with Gasteiger partial charge in [0.1, 0.15) is 0 Å². The van der Waals surface area contributed by atoms with Gasteiger partial charge in [-0.3, -0.25) is 4.79 Å². The lowest BCUT2D eigenvalue weighted by atomic mass is 10.2. The van der Waals surface area contributed by atoms with Crippen molar-refractivity contribution >= 4 is 14.1 Å². The minimum atomic E-state index is -1.83. The fraction of sp³-hybridized carbons (Fsp3) is 0.615. The number of rotatable bonds is 6. The van der Waals surface area contributed by atoms with Crippen LogP contribution in [0.4, 0.5) is 0 Å². The van der Waals surface area contributed by atoms with E-state index in [1.54, 1.807) is 6.08 Å². The van der Waals surface area contributed by atoms with Crippen LogP contribution < -0.4 is 0 Å². The highest BCUT2D eigenvalue weighted by atomic mass is 28.4. The predicted molar refractivity (Wildman–Crippen MR) is 72.1 cm³/mol. The number of carbonyl (C=O) groups excluding carboxylic acids is 1. The van der Waals surface area contributed by atoms with Gasteiger partial charge in [0.15, 0.2) is 14.1 Å². The van der Waals surface area contributed by atoms with Crippen molar-refractivity contribution in [2.24, 2.45) is 0 Å². The fourth-order valence-corrected chi connectivity index (χ4v) is 2.30. The Morgan fingerprint density at radius 2 is 1.88 bits per heavy atom. The van der Waals surface area contributed by atoms with Gasteiger partial charge in [0, 0.05) is 6.42 Å². The summed E-state index contributed by atoms with van der Waals surface area (Å²) in [6.07, 6.45) is 3.21. The zero-order valence-corrected chi connectivity index (χ0v) is 12.2. The molecule has 0 bridgehead atoms. The number of hydrogen-bond acceptors (Lipinski definition) is 2. The Bertz CT molecular complexity index is 274. The predicted octanol–water partition coefficient (Wildman–Crippen LogP) is 3.71. The molecule has 0 aromatic heterocycles. The van der Waals surface area contributed by atoms with Crippen LogP contribution in [0.1, 0.15) is 27.2 Å². The largest absolute Gasteiger partial charge is 0.410 e. The third kappa shape index (κ3) is 4.45. The second kappa shape index (κ2) is 5.59. The van der Waals surface area contributed by atoms with Crippen molar-refractivity contribution in [2.75, 3.05) is 0 Å². The molecule has 0 aliphatic carbocycles. The van der Waals surface area contributed by atoms with Gasteiger partial charge in [0.25, 0.3) is 0 Å². The summed E-state index contributed by atoms with van der Waals surface area (Å²) in [6, 6.07) is 0. The van der Waals surface area contributed by atoms with Gasteiger partial charge >= 0.3 is 0 Å². The van der Waals surface area contributed by atoms with Crippen molar-refractivity contribution in [1.82, 2.24) is 0 Å². The Hall–Kier alpha value is -0.673. The Labute approximate surface area is 101 Å². The van der Waals surface area contributed by atoms with Gasteiger partial charge in [-0.15, -0.1) is 6.58 Å². The van der Waals surface area contributed by atoms with E-state index in [0.29, 0.717) is 6.42 Å². The van der Waals surface area contributed by atoms with Crippen molar-refractivity contribution in [1.29, 1.82) is 0 Å². The highest BCUT2D eigenvalue weighted by molar-refractivity contribution is 6.74. The van der Waals surface area contributed by atoms with Crippen molar-refractivity contribution in [3.05, 3.63) is 25.3 Å². The Balaban J connectivity index is 4.60. The summed E-state index contributed by atoms with van der Waals surface area (Å²) in [5.74, 6) is 0.00334. The Kier molecular flexibility index (Phi) is 5.36. The molecule has 0 aliphatic rings. The molecule has 92 valence electrons. The smallest absolute Gasteiger partial charge is 0.192 e. The molecular weight excluding hydrogens is 216 g/mol. The summed E-state index contributed by atoms with van der Waals surface area (Å²) in [5.41, 5.74) is 0. The molecule has 16 heavy (non-hydrogen) atoms. The molecule has 0 spiro atoms. The molecule has 0 N–H and O–H groups in total. The number of hydrogen-bond donors (Lipinski definition) is 0. The average molecular weight is 240 g/mol. The molecule has 2 nitrogen and oxygen atoms in total. The van der Waals surface area contributed by atoms with Gasteiger partial charge < -0.3 is 4.43 Å². The van der Waals surface area contributed by atoms with E-state index < -0.39 is 8.32 Å². The van der Waals surface area contributed by atoms with Crippen molar-refractivity contribution in [3.8, 4) is 0 Å². The van der Waals surface area contributed by atoms with E-state index in [2.05, 4.69) is 47.0 Å². The van der Waals surface area contributed by atoms with Gasteiger partial charge in [-0.2, -0.15) is 0 Å². The van der Waals surface area contributed by atoms with Crippen LogP contribution in [0, 0.1) is 0 Å². The summed E-state index contributed by atoms with van der Waals surface area (Å²) < 4.78 is 6.08. The van der Waals surface area contributed by atoms with Crippen molar-refractivity contribution in [3.63, 3.8) is 0 Å². The molecule has 0 saturated carbocycles. The maximum absolute atomic E-state index is 11.3. The van der Waals surface area contributed by atoms with Crippen LogP contribution in [-0.2, 0) is 9.22 Å². The summed E-state index contributed by atoms with van der Waals surface area (Å²) in [4.78, 5) is 11.3. The van der Waals surface area contributed by atoms with E-state index in [-0.39, 0.29) is 16.9 Å². The minimum absolute atomic E-state index is 0.00334. The Morgan fingerprint density at radius 3 is 2.19 bits per heavy atom. The SMILES string of the molecule is C=CC(=O)CC(C=C)O[Si](C)(C)C(C)(C)C. The van der Waals surface area contributed by atoms with E-state index in [1.165, 1.54) is 6.08 Å². The summed E-state index contributed by atoms with van der Waals surface area (Å²) in [5, 5.41) is 0.144. The molecule has 0 aliphatic heterocycles. The molecule has 3 heteroatoms. The van der Waals surface area contributed by atoms with Gasteiger partial charge in [-0.1, -0.05) is 33.4 Å². The summed E-state index contributed by atoms with van der Waals surface area (Å²) >= 11 is 0. The highest BCUT2D eigenvalue weighted by Crippen LogP contribution is 2.37. The molecule has 1 unspecified atom stereocenters. The lowest BCUT2D eigenvalue weighted by molar-refractivity contribution is -0.115. The first-order chi connectivity index (χ1) is 7.14. The van der Waals surface area contributed by atoms with Gasteiger partial charge in [-0.25, -0.2) is 0 Å². The molecule has 0 aromatic carbocycles. The molecule has 1 atom stereocenters. The monoisotopic (exact) mass is 240 g/mol. The molecule has 0 aromatic rings. The quantitative estimate of drug-likeness (QED) is 0.402. The van der Waals surface area contributed by atoms with Crippen LogP contribution in [0.5, 0.6) is 0 Å². The van der Waals surface area contributed by atoms with Gasteiger partial charge in [0.05, 0.1) is 6.10 Å². The third-order valence-corrected chi connectivity index (χ3v) is 7.65. The normalized spacial score (nSPS) is 14.3.